The molecule has 0 bridgehead atoms. The van der Waals surface area contributed by atoms with E-state index in [1.54, 1.807) is 11.0 Å². The zero-order valence-corrected chi connectivity index (χ0v) is 20.4. The van der Waals surface area contributed by atoms with Crippen LogP contribution in [0, 0.1) is 6.92 Å². The number of likely N-dealkylation sites (tertiary alicyclic amines) is 1. The Morgan fingerprint density at radius 2 is 1.83 bits per heavy atom. The number of anilines is 2. The minimum atomic E-state index is 0.0870. The molecule has 2 aliphatic heterocycles. The van der Waals surface area contributed by atoms with Gasteiger partial charge in [-0.3, -0.25) is 9.69 Å². The van der Waals surface area contributed by atoms with Crippen LogP contribution in [0.25, 0.3) is 0 Å². The molecule has 0 aliphatic carbocycles. The van der Waals surface area contributed by atoms with Crippen molar-refractivity contribution in [3.05, 3.63) is 65.9 Å². The fourth-order valence-corrected chi connectivity index (χ4v) is 4.85. The third-order valence-electron chi connectivity index (χ3n) is 6.79. The van der Waals surface area contributed by atoms with Gasteiger partial charge in [0.2, 0.25) is 11.8 Å². The topological polar surface area (TPSA) is 67.8 Å². The Morgan fingerprint density at radius 3 is 2.57 bits per heavy atom. The molecule has 1 aromatic heterocycles. The summed E-state index contributed by atoms with van der Waals surface area (Å²) in [7, 11) is 0. The van der Waals surface area contributed by atoms with Crippen LogP contribution < -0.4 is 14.4 Å². The van der Waals surface area contributed by atoms with Gasteiger partial charge in [-0.25, -0.2) is 0 Å². The Morgan fingerprint density at radius 1 is 1.00 bits per heavy atom. The second-order valence-corrected chi connectivity index (χ2v) is 9.36. The SMILES string of the molecule is Cc1ccc(Oc2ccc(N3C(=O)CCc4cc(OCCCN5CCC[C@H]5C)ccc43)cc2)nn1. The van der Waals surface area contributed by atoms with Gasteiger partial charge in [0, 0.05) is 30.8 Å². The third-order valence-corrected chi connectivity index (χ3v) is 6.79. The maximum absolute atomic E-state index is 12.9. The highest BCUT2D eigenvalue weighted by Gasteiger charge is 2.26. The van der Waals surface area contributed by atoms with Crippen molar-refractivity contribution in [2.45, 2.75) is 52.0 Å². The van der Waals surface area contributed by atoms with Crippen molar-refractivity contribution in [1.82, 2.24) is 15.1 Å². The molecule has 1 saturated heterocycles. The van der Waals surface area contributed by atoms with Crippen molar-refractivity contribution < 1.29 is 14.3 Å². The van der Waals surface area contributed by atoms with Gasteiger partial charge in [-0.2, -0.15) is 5.10 Å². The first-order valence-electron chi connectivity index (χ1n) is 12.5. The summed E-state index contributed by atoms with van der Waals surface area (Å²) in [4.78, 5) is 17.2. The van der Waals surface area contributed by atoms with E-state index in [4.69, 9.17) is 9.47 Å². The summed E-state index contributed by atoms with van der Waals surface area (Å²) in [5, 5.41) is 8.05. The summed E-state index contributed by atoms with van der Waals surface area (Å²) < 4.78 is 11.8. The molecule has 5 rings (SSSR count). The Labute approximate surface area is 206 Å². The van der Waals surface area contributed by atoms with Gasteiger partial charge in [-0.15, -0.1) is 5.10 Å². The zero-order chi connectivity index (χ0) is 24.2. The molecule has 3 heterocycles. The number of hydrogen-bond acceptors (Lipinski definition) is 6. The summed E-state index contributed by atoms with van der Waals surface area (Å²) >= 11 is 0. The number of ether oxygens (including phenoxy) is 2. The van der Waals surface area contributed by atoms with Crippen LogP contribution in [-0.2, 0) is 11.2 Å². The lowest BCUT2D eigenvalue weighted by Crippen LogP contribution is -2.30. The molecule has 0 radical (unpaired) electrons. The number of carbonyl (C=O) groups is 1. The molecule has 3 aromatic rings. The number of carbonyl (C=O) groups excluding carboxylic acids is 1. The molecule has 1 amide bonds. The Hall–Kier alpha value is -3.45. The number of hydrogen-bond donors (Lipinski definition) is 0. The van der Waals surface area contributed by atoms with Crippen molar-refractivity contribution in [2.75, 3.05) is 24.6 Å². The van der Waals surface area contributed by atoms with Gasteiger partial charge in [0.05, 0.1) is 18.0 Å². The van der Waals surface area contributed by atoms with Crippen molar-refractivity contribution in [3.8, 4) is 17.4 Å². The van der Waals surface area contributed by atoms with Crippen LogP contribution >= 0.6 is 0 Å². The molecular formula is C28H32N4O3. The molecule has 0 spiro atoms. The number of nitrogens with zero attached hydrogens (tertiary/aromatic N) is 4. The van der Waals surface area contributed by atoms with Crippen molar-refractivity contribution >= 4 is 17.3 Å². The van der Waals surface area contributed by atoms with Gasteiger partial charge in [0.15, 0.2) is 0 Å². The van der Waals surface area contributed by atoms with Crippen LogP contribution in [0.3, 0.4) is 0 Å². The summed E-state index contributed by atoms with van der Waals surface area (Å²) in [5.41, 5.74) is 3.69. The summed E-state index contributed by atoms with van der Waals surface area (Å²) in [5.74, 6) is 2.04. The third kappa shape index (κ3) is 5.46. The van der Waals surface area contributed by atoms with Crippen LogP contribution in [0.5, 0.6) is 17.4 Å². The lowest BCUT2D eigenvalue weighted by Gasteiger charge is -2.30. The highest BCUT2D eigenvalue weighted by Crippen LogP contribution is 2.37. The van der Waals surface area contributed by atoms with E-state index in [1.807, 2.05) is 49.4 Å². The molecule has 182 valence electrons. The predicted octanol–water partition coefficient (Wildman–Crippen LogP) is 5.44. The second kappa shape index (κ2) is 10.4. The second-order valence-electron chi connectivity index (χ2n) is 9.36. The maximum Gasteiger partial charge on any atom is 0.238 e. The molecule has 7 nitrogen and oxygen atoms in total. The Balaban J connectivity index is 1.23. The molecular weight excluding hydrogens is 440 g/mol. The number of rotatable bonds is 8. The van der Waals surface area contributed by atoms with Gasteiger partial charge < -0.3 is 14.4 Å². The van der Waals surface area contributed by atoms with Crippen LogP contribution in [-0.4, -0.2) is 46.7 Å². The fraction of sp³-hybridized carbons (Fsp3) is 0.393. The highest BCUT2D eigenvalue weighted by atomic mass is 16.5. The van der Waals surface area contributed by atoms with Crippen LogP contribution in [0.1, 0.15) is 43.9 Å². The van der Waals surface area contributed by atoms with Gasteiger partial charge in [-0.05, 0) is 100 Å². The average molecular weight is 473 g/mol. The number of benzene rings is 2. The molecule has 2 aromatic carbocycles. The van der Waals surface area contributed by atoms with Gasteiger partial charge in [-0.1, -0.05) is 0 Å². The number of aryl methyl sites for hydroxylation is 2. The quantitative estimate of drug-likeness (QED) is 0.407. The first kappa shape index (κ1) is 23.3. The van der Waals surface area contributed by atoms with E-state index >= 15 is 0 Å². The number of fused-ring (bicyclic) bond motifs is 1. The van der Waals surface area contributed by atoms with Crippen LogP contribution in [0.4, 0.5) is 11.4 Å². The molecule has 1 fully saturated rings. The van der Waals surface area contributed by atoms with Gasteiger partial charge in [0.25, 0.3) is 0 Å². The van der Waals surface area contributed by atoms with E-state index in [1.165, 1.54) is 19.4 Å². The van der Waals surface area contributed by atoms with E-state index in [2.05, 4.69) is 28.1 Å². The van der Waals surface area contributed by atoms with E-state index in [9.17, 15) is 4.79 Å². The first-order valence-corrected chi connectivity index (χ1v) is 12.5. The monoisotopic (exact) mass is 472 g/mol. The van der Waals surface area contributed by atoms with E-state index in [0.717, 1.165) is 47.8 Å². The number of amides is 1. The maximum atomic E-state index is 12.9. The molecule has 2 aliphatic rings. The molecule has 1 atom stereocenters. The molecule has 0 saturated carbocycles. The largest absolute Gasteiger partial charge is 0.494 e. The van der Waals surface area contributed by atoms with Crippen LogP contribution in [0.15, 0.2) is 54.6 Å². The predicted molar refractivity (Wildman–Crippen MR) is 136 cm³/mol. The highest BCUT2D eigenvalue weighted by molar-refractivity contribution is 6.03. The molecule has 0 N–H and O–H groups in total. The van der Waals surface area contributed by atoms with E-state index < -0.39 is 0 Å². The number of aromatic nitrogens is 2. The summed E-state index contributed by atoms with van der Waals surface area (Å²) in [6.45, 7) is 7.19. The Kier molecular flexibility index (Phi) is 6.95. The Bertz CT molecular complexity index is 1160. The zero-order valence-electron chi connectivity index (χ0n) is 20.4. The van der Waals surface area contributed by atoms with Crippen molar-refractivity contribution in [3.63, 3.8) is 0 Å². The first-order chi connectivity index (χ1) is 17.1. The average Bonchev–Trinajstić information content (AvgIpc) is 3.28. The van der Waals surface area contributed by atoms with Crippen molar-refractivity contribution in [1.29, 1.82) is 0 Å². The van der Waals surface area contributed by atoms with Crippen molar-refractivity contribution in [2.24, 2.45) is 0 Å². The summed E-state index contributed by atoms with van der Waals surface area (Å²) in [6, 6.07) is 17.9. The standard InChI is InChI=1S/C28H32N4O3/c1-20-6-14-27(30-29-20)35-24-10-8-23(9-11-24)32-26-13-12-25(19-22(26)7-15-28(32)33)34-18-4-17-31-16-3-5-21(31)2/h6,8-14,19,21H,3-5,7,15-18H2,1-2H3/t21-/m1/s1. The van der Waals surface area contributed by atoms with E-state index in [-0.39, 0.29) is 5.91 Å². The lowest BCUT2D eigenvalue weighted by molar-refractivity contribution is -0.118. The fourth-order valence-electron chi connectivity index (χ4n) is 4.85. The molecule has 0 unspecified atom stereocenters. The van der Waals surface area contributed by atoms with E-state index in [0.29, 0.717) is 30.7 Å². The summed E-state index contributed by atoms with van der Waals surface area (Å²) in [6.07, 6.45) is 4.83. The smallest absolute Gasteiger partial charge is 0.238 e. The van der Waals surface area contributed by atoms with Gasteiger partial charge >= 0.3 is 0 Å². The van der Waals surface area contributed by atoms with Crippen LogP contribution in [0.2, 0.25) is 0 Å². The lowest BCUT2D eigenvalue weighted by atomic mass is 10.00. The molecule has 35 heavy (non-hydrogen) atoms. The van der Waals surface area contributed by atoms with Gasteiger partial charge in [0.1, 0.15) is 11.5 Å². The minimum absolute atomic E-state index is 0.0870. The normalized spacial score (nSPS) is 17.9. The molecule has 7 heteroatoms. The minimum Gasteiger partial charge on any atom is -0.494 e.